The fourth-order valence-corrected chi connectivity index (χ4v) is 4.79. The van der Waals surface area contributed by atoms with Crippen LogP contribution in [0, 0.1) is 6.92 Å². The first-order valence-electron chi connectivity index (χ1n) is 11.5. The van der Waals surface area contributed by atoms with E-state index in [0.29, 0.717) is 40.9 Å². The topological polar surface area (TPSA) is 103 Å². The zero-order chi connectivity index (χ0) is 23.8. The summed E-state index contributed by atoms with van der Waals surface area (Å²) in [6.45, 7) is 7.30. The molecule has 1 fully saturated rings. The maximum atomic E-state index is 12.9. The molecular weight excluding hydrogens is 454 g/mol. The van der Waals surface area contributed by atoms with Gasteiger partial charge in [-0.05, 0) is 49.2 Å². The Hall–Kier alpha value is -3.07. The van der Waals surface area contributed by atoms with Gasteiger partial charge in [0.1, 0.15) is 11.4 Å². The van der Waals surface area contributed by atoms with E-state index in [1.54, 1.807) is 18.2 Å². The normalized spacial score (nSPS) is 19.6. The number of halogens is 1. The molecular formula is C25H28ClN5O3. The van der Waals surface area contributed by atoms with Gasteiger partial charge in [0.05, 0.1) is 42.1 Å². The molecule has 2 aliphatic rings. The van der Waals surface area contributed by atoms with Crippen LogP contribution in [0.15, 0.2) is 42.1 Å². The highest BCUT2D eigenvalue weighted by atomic mass is 35.5. The lowest BCUT2D eigenvalue weighted by Gasteiger charge is -2.29. The minimum atomic E-state index is -0.774. The molecule has 1 aromatic heterocycles. The lowest BCUT2D eigenvalue weighted by molar-refractivity contribution is -0.115. The Labute approximate surface area is 203 Å². The van der Waals surface area contributed by atoms with Crippen molar-refractivity contribution in [1.29, 1.82) is 0 Å². The Morgan fingerprint density at radius 2 is 2.09 bits per heavy atom. The van der Waals surface area contributed by atoms with Crippen molar-refractivity contribution in [1.82, 2.24) is 20.6 Å². The van der Waals surface area contributed by atoms with E-state index in [9.17, 15) is 9.90 Å². The summed E-state index contributed by atoms with van der Waals surface area (Å²) in [7, 11) is 0. The number of aliphatic hydroxyl groups is 1. The van der Waals surface area contributed by atoms with E-state index in [4.69, 9.17) is 21.3 Å². The fraction of sp³-hybridized carbons (Fsp3) is 0.360. The standard InChI is InChI=1S/C25H28ClN5O3/c1-14-10-18(31-6-8-34-9-7-31)12-19-22(14)30-24(29-19)21-23(15(2)28-25(21)33)27-13-20(32)16-4-3-5-17(26)11-16/h3-5,10-12,15,20,27,32H,6-9,13H2,1-2H3,(H,28,33)(H,29,30). The van der Waals surface area contributed by atoms with Gasteiger partial charge in [0.2, 0.25) is 0 Å². The molecule has 5 rings (SSSR count). The number of hydrogen-bond acceptors (Lipinski definition) is 6. The van der Waals surface area contributed by atoms with Crippen molar-refractivity contribution < 1.29 is 14.6 Å². The van der Waals surface area contributed by atoms with Gasteiger partial charge in [-0.2, -0.15) is 0 Å². The molecule has 2 unspecified atom stereocenters. The van der Waals surface area contributed by atoms with Gasteiger partial charge in [-0.25, -0.2) is 4.98 Å². The third-order valence-corrected chi connectivity index (χ3v) is 6.61. The molecule has 178 valence electrons. The van der Waals surface area contributed by atoms with Gasteiger partial charge in [-0.3, -0.25) is 4.79 Å². The summed E-state index contributed by atoms with van der Waals surface area (Å²) in [6.07, 6.45) is -0.774. The summed E-state index contributed by atoms with van der Waals surface area (Å²) < 4.78 is 5.47. The van der Waals surface area contributed by atoms with Crippen LogP contribution in [0.2, 0.25) is 5.02 Å². The monoisotopic (exact) mass is 481 g/mol. The van der Waals surface area contributed by atoms with Crippen LogP contribution in [0.4, 0.5) is 5.69 Å². The number of aromatic amines is 1. The summed E-state index contributed by atoms with van der Waals surface area (Å²) in [5.41, 5.74) is 5.76. The van der Waals surface area contributed by atoms with Crippen LogP contribution in [0.1, 0.15) is 30.0 Å². The molecule has 2 atom stereocenters. The predicted octanol–water partition coefficient (Wildman–Crippen LogP) is 2.91. The molecule has 1 amide bonds. The molecule has 0 bridgehead atoms. The SMILES string of the molecule is Cc1cc(N2CCOCC2)cc2[nH]c(C3=C(NCC(O)c4cccc(Cl)c4)C(C)NC3=O)nc12. The minimum absolute atomic E-state index is 0.197. The van der Waals surface area contributed by atoms with Gasteiger partial charge in [0, 0.05) is 30.3 Å². The average Bonchev–Trinajstić information content (AvgIpc) is 3.37. The Morgan fingerprint density at radius 1 is 1.29 bits per heavy atom. The van der Waals surface area contributed by atoms with Crippen molar-refractivity contribution in [2.45, 2.75) is 26.0 Å². The molecule has 3 heterocycles. The van der Waals surface area contributed by atoms with E-state index in [1.165, 1.54) is 0 Å². The van der Waals surface area contributed by atoms with Crippen molar-refractivity contribution in [3.63, 3.8) is 0 Å². The number of hydrogen-bond donors (Lipinski definition) is 4. The highest BCUT2D eigenvalue weighted by Gasteiger charge is 2.32. The predicted molar refractivity (Wildman–Crippen MR) is 133 cm³/mol. The van der Waals surface area contributed by atoms with Gasteiger partial charge in [-0.15, -0.1) is 0 Å². The number of aryl methyl sites for hydroxylation is 1. The number of nitrogens with one attached hydrogen (secondary N) is 3. The van der Waals surface area contributed by atoms with Crippen molar-refractivity contribution in [2.24, 2.45) is 0 Å². The molecule has 2 aliphatic heterocycles. The number of rotatable bonds is 6. The third-order valence-electron chi connectivity index (χ3n) is 6.37. The molecule has 8 nitrogen and oxygen atoms in total. The number of imidazole rings is 1. The lowest BCUT2D eigenvalue weighted by atomic mass is 10.1. The van der Waals surface area contributed by atoms with Crippen LogP contribution in [0.3, 0.4) is 0 Å². The maximum Gasteiger partial charge on any atom is 0.257 e. The van der Waals surface area contributed by atoms with Gasteiger partial charge in [0.25, 0.3) is 5.91 Å². The number of aliphatic hydroxyl groups excluding tert-OH is 1. The molecule has 0 spiro atoms. The van der Waals surface area contributed by atoms with Crippen LogP contribution >= 0.6 is 11.6 Å². The lowest BCUT2D eigenvalue weighted by Crippen LogP contribution is -2.36. The van der Waals surface area contributed by atoms with E-state index in [1.807, 2.05) is 19.9 Å². The molecule has 9 heteroatoms. The molecule has 0 radical (unpaired) electrons. The molecule has 4 N–H and O–H groups in total. The van der Waals surface area contributed by atoms with Gasteiger partial charge in [-0.1, -0.05) is 23.7 Å². The van der Waals surface area contributed by atoms with Crippen LogP contribution < -0.4 is 15.5 Å². The fourth-order valence-electron chi connectivity index (χ4n) is 4.59. The largest absolute Gasteiger partial charge is 0.387 e. The summed E-state index contributed by atoms with van der Waals surface area (Å²) in [6, 6.07) is 11.1. The van der Waals surface area contributed by atoms with Crippen molar-refractivity contribution in [3.05, 3.63) is 64.1 Å². The quantitative estimate of drug-likeness (QED) is 0.432. The van der Waals surface area contributed by atoms with Crippen LogP contribution in [-0.4, -0.2) is 59.9 Å². The number of amides is 1. The number of carbonyl (C=O) groups is 1. The second kappa shape index (κ2) is 9.29. The van der Waals surface area contributed by atoms with Crippen LogP contribution in [0.25, 0.3) is 16.6 Å². The summed E-state index contributed by atoms with van der Waals surface area (Å²) in [5, 5.41) is 17.4. The minimum Gasteiger partial charge on any atom is -0.387 e. The molecule has 0 saturated carbocycles. The summed E-state index contributed by atoms with van der Waals surface area (Å²) in [4.78, 5) is 23.3. The molecule has 2 aromatic carbocycles. The van der Waals surface area contributed by atoms with Gasteiger partial charge >= 0.3 is 0 Å². The highest BCUT2D eigenvalue weighted by molar-refractivity contribution is 6.30. The number of ether oxygens (including phenoxy) is 1. The average molecular weight is 482 g/mol. The Bertz CT molecular complexity index is 1260. The zero-order valence-corrected chi connectivity index (χ0v) is 19.9. The number of benzene rings is 2. The zero-order valence-electron chi connectivity index (χ0n) is 19.2. The second-order valence-electron chi connectivity index (χ2n) is 8.78. The summed E-state index contributed by atoms with van der Waals surface area (Å²) in [5.74, 6) is 0.316. The van der Waals surface area contributed by atoms with Crippen molar-refractivity contribution >= 4 is 39.8 Å². The van der Waals surface area contributed by atoms with Crippen molar-refractivity contribution in [2.75, 3.05) is 37.7 Å². The first kappa shape index (κ1) is 22.7. The molecule has 34 heavy (non-hydrogen) atoms. The molecule has 3 aromatic rings. The van der Waals surface area contributed by atoms with E-state index >= 15 is 0 Å². The van der Waals surface area contributed by atoms with Crippen molar-refractivity contribution in [3.8, 4) is 0 Å². The second-order valence-corrected chi connectivity index (χ2v) is 9.22. The Morgan fingerprint density at radius 3 is 2.85 bits per heavy atom. The first-order valence-corrected chi connectivity index (χ1v) is 11.8. The number of H-pyrrole nitrogens is 1. The Kier molecular flexibility index (Phi) is 6.20. The number of fused-ring (bicyclic) bond motifs is 1. The number of aromatic nitrogens is 2. The highest BCUT2D eigenvalue weighted by Crippen LogP contribution is 2.30. The number of carbonyl (C=O) groups excluding carboxylic acids is 1. The summed E-state index contributed by atoms with van der Waals surface area (Å²) >= 11 is 6.06. The van der Waals surface area contributed by atoms with E-state index in [-0.39, 0.29) is 18.5 Å². The maximum absolute atomic E-state index is 12.9. The third kappa shape index (κ3) is 4.36. The number of morpholine rings is 1. The van der Waals surface area contributed by atoms with Gasteiger partial charge < -0.3 is 30.4 Å². The Balaban J connectivity index is 1.45. The van der Waals surface area contributed by atoms with Crippen LogP contribution in [0.5, 0.6) is 0 Å². The van der Waals surface area contributed by atoms with Gasteiger partial charge in [0.15, 0.2) is 0 Å². The smallest absolute Gasteiger partial charge is 0.257 e. The van der Waals surface area contributed by atoms with Crippen LogP contribution in [-0.2, 0) is 9.53 Å². The number of nitrogens with zero attached hydrogens (tertiary/aromatic N) is 2. The number of anilines is 1. The molecule has 1 saturated heterocycles. The van der Waals surface area contributed by atoms with E-state index in [0.717, 1.165) is 35.4 Å². The molecule has 0 aliphatic carbocycles. The van der Waals surface area contributed by atoms with E-state index < -0.39 is 6.10 Å². The van der Waals surface area contributed by atoms with E-state index in [2.05, 4.69) is 32.7 Å². The first-order chi connectivity index (χ1) is 16.4.